The van der Waals surface area contributed by atoms with Crippen molar-refractivity contribution in [1.82, 2.24) is 10.2 Å². The Hall–Kier alpha value is -3.18. The molecule has 0 amide bonds. The van der Waals surface area contributed by atoms with Crippen LogP contribution in [0.1, 0.15) is 28.6 Å². The van der Waals surface area contributed by atoms with Gasteiger partial charge in [0.15, 0.2) is 0 Å². The van der Waals surface area contributed by atoms with E-state index in [0.29, 0.717) is 16.5 Å². The number of halogens is 2. The molecule has 0 aliphatic rings. The van der Waals surface area contributed by atoms with E-state index in [1.165, 1.54) is 12.1 Å². The maximum Gasteiger partial charge on any atom is 0.247 e. The van der Waals surface area contributed by atoms with E-state index in [4.69, 9.17) is 16.0 Å². The van der Waals surface area contributed by atoms with Crippen molar-refractivity contribution in [3.05, 3.63) is 100 Å². The number of aromatic nitrogens is 2. The zero-order valence-corrected chi connectivity index (χ0v) is 16.7. The molecule has 1 N–H and O–H groups in total. The van der Waals surface area contributed by atoms with E-state index < -0.39 is 0 Å². The van der Waals surface area contributed by atoms with Gasteiger partial charge in [-0.05, 0) is 73.0 Å². The van der Waals surface area contributed by atoms with Crippen molar-refractivity contribution < 1.29 is 8.81 Å². The minimum Gasteiger partial charge on any atom is -0.418 e. The van der Waals surface area contributed by atoms with Crippen molar-refractivity contribution in [2.45, 2.75) is 19.9 Å². The van der Waals surface area contributed by atoms with Crippen molar-refractivity contribution in [3.8, 4) is 11.5 Å². The van der Waals surface area contributed by atoms with Crippen LogP contribution >= 0.6 is 11.6 Å². The average molecular weight is 408 g/mol. The second-order valence-corrected chi connectivity index (χ2v) is 7.40. The molecule has 0 aliphatic heterocycles. The number of benzene rings is 3. The Bertz CT molecular complexity index is 1120. The molecule has 0 radical (unpaired) electrons. The van der Waals surface area contributed by atoms with Crippen LogP contribution in [0.15, 0.2) is 71.1 Å². The van der Waals surface area contributed by atoms with E-state index in [2.05, 4.69) is 33.7 Å². The fourth-order valence-electron chi connectivity index (χ4n) is 3.26. The Kier molecular flexibility index (Phi) is 5.32. The number of anilines is 1. The summed E-state index contributed by atoms with van der Waals surface area (Å²) in [6.07, 6.45) is 0. The molecule has 1 unspecified atom stereocenters. The highest BCUT2D eigenvalue weighted by molar-refractivity contribution is 6.30. The first-order valence-electron chi connectivity index (χ1n) is 9.17. The molecule has 0 saturated carbocycles. The molecule has 3 aromatic carbocycles. The zero-order chi connectivity index (χ0) is 20.4. The normalized spacial score (nSPS) is 12.0. The van der Waals surface area contributed by atoms with Crippen molar-refractivity contribution >= 4 is 17.3 Å². The summed E-state index contributed by atoms with van der Waals surface area (Å²) in [5, 5.41) is 12.5. The van der Waals surface area contributed by atoms with Crippen LogP contribution in [-0.4, -0.2) is 10.2 Å². The summed E-state index contributed by atoms with van der Waals surface area (Å²) in [6.45, 7) is 4.09. The van der Waals surface area contributed by atoms with E-state index in [9.17, 15) is 4.39 Å². The number of hydrogen-bond donors (Lipinski definition) is 1. The number of rotatable bonds is 5. The molecular weight excluding hydrogens is 389 g/mol. The van der Waals surface area contributed by atoms with Crippen molar-refractivity contribution in [2.75, 3.05) is 5.32 Å². The Morgan fingerprint density at radius 3 is 2.34 bits per heavy atom. The first kappa shape index (κ1) is 19.2. The fourth-order valence-corrected chi connectivity index (χ4v) is 3.38. The molecule has 0 aliphatic carbocycles. The lowest BCUT2D eigenvalue weighted by atomic mass is 10.1. The van der Waals surface area contributed by atoms with Crippen LogP contribution in [0.3, 0.4) is 0 Å². The Balaban J connectivity index is 1.73. The lowest BCUT2D eigenvalue weighted by Crippen LogP contribution is -2.13. The highest BCUT2D eigenvalue weighted by atomic mass is 35.5. The molecule has 146 valence electrons. The van der Waals surface area contributed by atoms with Gasteiger partial charge in [0.1, 0.15) is 11.9 Å². The summed E-state index contributed by atoms with van der Waals surface area (Å²) in [5.41, 5.74) is 4.68. The molecule has 29 heavy (non-hydrogen) atoms. The first-order valence-corrected chi connectivity index (χ1v) is 9.55. The van der Waals surface area contributed by atoms with Gasteiger partial charge >= 0.3 is 0 Å². The summed E-state index contributed by atoms with van der Waals surface area (Å²) < 4.78 is 19.5. The summed E-state index contributed by atoms with van der Waals surface area (Å²) in [7, 11) is 0. The van der Waals surface area contributed by atoms with Gasteiger partial charge in [-0.15, -0.1) is 10.2 Å². The van der Waals surface area contributed by atoms with Crippen LogP contribution in [0.25, 0.3) is 11.5 Å². The number of nitrogens with one attached hydrogen (secondary N) is 1. The van der Waals surface area contributed by atoms with Crippen molar-refractivity contribution in [1.29, 1.82) is 0 Å². The van der Waals surface area contributed by atoms with E-state index >= 15 is 0 Å². The van der Waals surface area contributed by atoms with Gasteiger partial charge in [0.2, 0.25) is 11.8 Å². The molecular formula is C23H19ClFN3O. The Morgan fingerprint density at radius 1 is 0.931 bits per heavy atom. The molecule has 0 bridgehead atoms. The SMILES string of the molecule is Cc1cc(C)cc(NC(c2ccc(Cl)cc2)c2nnc(-c3cccc(F)c3)o2)c1. The molecule has 6 heteroatoms. The van der Waals surface area contributed by atoms with Crippen molar-refractivity contribution in [3.63, 3.8) is 0 Å². The quantitative estimate of drug-likeness (QED) is 0.419. The highest BCUT2D eigenvalue weighted by Crippen LogP contribution is 2.30. The minimum absolute atomic E-state index is 0.265. The third-order valence-corrected chi connectivity index (χ3v) is 4.75. The van der Waals surface area contributed by atoms with Crippen LogP contribution in [-0.2, 0) is 0 Å². The van der Waals surface area contributed by atoms with Gasteiger partial charge in [-0.2, -0.15) is 0 Å². The lowest BCUT2D eigenvalue weighted by Gasteiger charge is -2.18. The molecule has 1 aromatic heterocycles. The van der Waals surface area contributed by atoms with Crippen LogP contribution in [0.5, 0.6) is 0 Å². The second kappa shape index (κ2) is 8.05. The molecule has 1 heterocycles. The molecule has 0 spiro atoms. The van der Waals surface area contributed by atoms with Crippen molar-refractivity contribution in [2.24, 2.45) is 0 Å². The summed E-state index contributed by atoms with van der Waals surface area (Å²) >= 11 is 6.06. The number of aryl methyl sites for hydroxylation is 2. The molecule has 1 atom stereocenters. The summed E-state index contributed by atoms with van der Waals surface area (Å²) in [4.78, 5) is 0. The van der Waals surface area contributed by atoms with Gasteiger partial charge in [0.05, 0.1) is 0 Å². The standard InChI is InChI=1S/C23H19ClFN3O/c1-14-10-15(2)12-20(11-14)26-21(16-6-8-18(24)9-7-16)23-28-27-22(29-23)17-4-3-5-19(25)13-17/h3-13,21,26H,1-2H3. The third kappa shape index (κ3) is 4.46. The van der Waals surface area contributed by atoms with Crippen LogP contribution < -0.4 is 5.32 Å². The highest BCUT2D eigenvalue weighted by Gasteiger charge is 2.22. The Labute approximate surface area is 173 Å². The van der Waals surface area contributed by atoms with Gasteiger partial charge in [-0.1, -0.05) is 35.9 Å². The minimum atomic E-state index is -0.386. The molecule has 4 aromatic rings. The van der Waals surface area contributed by atoms with Crippen LogP contribution in [0, 0.1) is 19.7 Å². The topological polar surface area (TPSA) is 51.0 Å². The maximum atomic E-state index is 13.6. The smallest absolute Gasteiger partial charge is 0.247 e. The van der Waals surface area contributed by atoms with Gasteiger partial charge < -0.3 is 9.73 Å². The molecule has 0 fully saturated rings. The number of nitrogens with zero attached hydrogens (tertiary/aromatic N) is 2. The van der Waals surface area contributed by atoms with Gasteiger partial charge in [-0.25, -0.2) is 4.39 Å². The molecule has 4 rings (SSSR count). The van der Waals surface area contributed by atoms with Crippen LogP contribution in [0.2, 0.25) is 5.02 Å². The molecule has 0 saturated heterocycles. The zero-order valence-electron chi connectivity index (χ0n) is 16.0. The predicted molar refractivity (Wildman–Crippen MR) is 113 cm³/mol. The average Bonchev–Trinajstić information content (AvgIpc) is 3.16. The predicted octanol–water partition coefficient (Wildman–Crippen LogP) is 6.35. The largest absolute Gasteiger partial charge is 0.418 e. The van der Waals surface area contributed by atoms with Gasteiger partial charge in [-0.3, -0.25) is 0 Å². The third-order valence-electron chi connectivity index (χ3n) is 4.50. The van der Waals surface area contributed by atoms with E-state index in [1.807, 2.05) is 38.1 Å². The maximum absolute atomic E-state index is 13.6. The van der Waals surface area contributed by atoms with E-state index in [1.54, 1.807) is 12.1 Å². The van der Waals surface area contributed by atoms with E-state index in [-0.39, 0.29) is 17.7 Å². The summed E-state index contributed by atoms with van der Waals surface area (Å²) in [6, 6.07) is 19.4. The number of hydrogen-bond acceptors (Lipinski definition) is 4. The van der Waals surface area contributed by atoms with Gasteiger partial charge in [0, 0.05) is 16.3 Å². The second-order valence-electron chi connectivity index (χ2n) is 6.96. The molecule has 4 nitrogen and oxygen atoms in total. The first-order chi connectivity index (χ1) is 14.0. The fraction of sp³-hybridized carbons (Fsp3) is 0.130. The van der Waals surface area contributed by atoms with Gasteiger partial charge in [0.25, 0.3) is 0 Å². The Morgan fingerprint density at radius 2 is 1.66 bits per heavy atom. The van der Waals surface area contributed by atoms with E-state index in [0.717, 1.165) is 22.4 Å². The van der Waals surface area contributed by atoms with Crippen LogP contribution in [0.4, 0.5) is 10.1 Å². The lowest BCUT2D eigenvalue weighted by molar-refractivity contribution is 0.493. The summed E-state index contributed by atoms with van der Waals surface area (Å²) in [5.74, 6) is 0.288. The monoisotopic (exact) mass is 407 g/mol.